The molecule has 2 heterocycles. The van der Waals surface area contributed by atoms with Gasteiger partial charge in [0.25, 0.3) is 0 Å². The van der Waals surface area contributed by atoms with Crippen molar-refractivity contribution in [3.05, 3.63) is 0 Å². The van der Waals surface area contributed by atoms with Crippen LogP contribution >= 0.6 is 0 Å². The minimum Gasteiger partial charge on any atom is -0.377 e. The minimum absolute atomic E-state index is 0.578. The fraction of sp³-hybridized carbons (Fsp3) is 1.00. The number of piperidine rings is 2. The van der Waals surface area contributed by atoms with Gasteiger partial charge >= 0.3 is 0 Å². The molecule has 0 amide bonds. The van der Waals surface area contributed by atoms with Crippen LogP contribution in [0.2, 0.25) is 0 Å². The summed E-state index contributed by atoms with van der Waals surface area (Å²) < 4.78 is 6.29. The predicted octanol–water partition coefficient (Wildman–Crippen LogP) is 5.41. The molecule has 5 aliphatic rings. The third kappa shape index (κ3) is 4.55. The maximum Gasteiger partial charge on any atom is 0.0597 e. The Morgan fingerprint density at radius 3 is 2.08 bits per heavy atom. The molecule has 5 rings (SSSR count). The normalized spacial score (nSPS) is 38.5. The van der Waals surface area contributed by atoms with Gasteiger partial charge in [-0.3, -0.25) is 4.90 Å². The first kappa shape index (κ1) is 17.3. The molecule has 0 spiro atoms. The van der Waals surface area contributed by atoms with Gasteiger partial charge in [0.15, 0.2) is 0 Å². The molecule has 3 saturated carbocycles. The van der Waals surface area contributed by atoms with Gasteiger partial charge in [-0.05, 0) is 75.5 Å². The quantitative estimate of drug-likeness (QED) is 0.644. The average molecular weight is 334 g/mol. The minimum atomic E-state index is 0.578. The van der Waals surface area contributed by atoms with Crippen molar-refractivity contribution >= 4 is 0 Å². The fourth-order valence-corrected chi connectivity index (χ4v) is 6.21. The molecule has 2 heteroatoms. The maximum absolute atomic E-state index is 6.29. The number of fused-ring (bicyclic) bond motifs is 3. The van der Waals surface area contributed by atoms with E-state index < -0.39 is 0 Å². The van der Waals surface area contributed by atoms with Crippen LogP contribution in [0.4, 0.5) is 0 Å². The number of hydrogen-bond acceptors (Lipinski definition) is 2. The second-order valence-corrected chi connectivity index (χ2v) is 9.42. The lowest BCUT2D eigenvalue weighted by atomic mass is 9.77. The summed E-state index contributed by atoms with van der Waals surface area (Å²) in [4.78, 5) is 2.74. The molecule has 2 nitrogen and oxygen atoms in total. The zero-order chi connectivity index (χ0) is 16.2. The lowest BCUT2D eigenvalue weighted by Crippen LogP contribution is -2.49. The van der Waals surface area contributed by atoms with Gasteiger partial charge in [0.2, 0.25) is 0 Å². The predicted molar refractivity (Wildman–Crippen MR) is 100 cm³/mol. The first-order valence-corrected chi connectivity index (χ1v) is 11.2. The SMILES string of the molecule is C1CCC(CC2CCC(OCCN3CC4CCC3CC4)CC2)CC1. The first-order valence-electron chi connectivity index (χ1n) is 11.2. The Balaban J connectivity index is 1.10. The molecular formula is C22H39NO. The molecule has 5 fully saturated rings. The molecule has 2 saturated heterocycles. The highest BCUT2D eigenvalue weighted by Crippen LogP contribution is 2.36. The van der Waals surface area contributed by atoms with Crippen LogP contribution in [0.25, 0.3) is 0 Å². The molecule has 0 aromatic carbocycles. The van der Waals surface area contributed by atoms with E-state index in [0.717, 1.165) is 30.4 Å². The van der Waals surface area contributed by atoms with Crippen LogP contribution in [0.3, 0.4) is 0 Å². The molecule has 2 bridgehead atoms. The van der Waals surface area contributed by atoms with Crippen LogP contribution in [0.1, 0.15) is 89.9 Å². The van der Waals surface area contributed by atoms with Gasteiger partial charge in [-0.2, -0.15) is 0 Å². The molecule has 138 valence electrons. The third-order valence-corrected chi connectivity index (χ3v) is 7.74. The summed E-state index contributed by atoms with van der Waals surface area (Å²) in [5, 5.41) is 0. The van der Waals surface area contributed by atoms with Crippen molar-refractivity contribution in [1.29, 1.82) is 0 Å². The molecule has 0 aromatic rings. The zero-order valence-electron chi connectivity index (χ0n) is 15.8. The van der Waals surface area contributed by atoms with E-state index in [0.29, 0.717) is 6.10 Å². The second kappa shape index (κ2) is 8.54. The summed E-state index contributed by atoms with van der Waals surface area (Å²) in [6.45, 7) is 3.55. The van der Waals surface area contributed by atoms with Gasteiger partial charge in [-0.15, -0.1) is 0 Å². The monoisotopic (exact) mass is 333 g/mol. The van der Waals surface area contributed by atoms with Crippen molar-refractivity contribution in [3.8, 4) is 0 Å². The van der Waals surface area contributed by atoms with Crippen LogP contribution in [0, 0.1) is 17.8 Å². The van der Waals surface area contributed by atoms with Gasteiger partial charge in [0, 0.05) is 19.1 Å². The Morgan fingerprint density at radius 2 is 1.42 bits per heavy atom. The van der Waals surface area contributed by atoms with Crippen molar-refractivity contribution < 1.29 is 4.74 Å². The first-order chi connectivity index (χ1) is 11.9. The van der Waals surface area contributed by atoms with Crippen molar-refractivity contribution in [3.63, 3.8) is 0 Å². The Morgan fingerprint density at radius 1 is 0.708 bits per heavy atom. The van der Waals surface area contributed by atoms with E-state index in [9.17, 15) is 0 Å². The highest BCUT2D eigenvalue weighted by molar-refractivity contribution is 4.88. The molecule has 0 radical (unpaired) electrons. The zero-order valence-corrected chi connectivity index (χ0v) is 15.8. The van der Waals surface area contributed by atoms with Crippen LogP contribution in [-0.2, 0) is 4.74 Å². The molecule has 3 aliphatic carbocycles. The highest BCUT2D eigenvalue weighted by atomic mass is 16.5. The Labute approximate surface area is 149 Å². The van der Waals surface area contributed by atoms with Crippen LogP contribution in [0.5, 0.6) is 0 Å². The van der Waals surface area contributed by atoms with E-state index in [2.05, 4.69) is 4.90 Å². The van der Waals surface area contributed by atoms with Gasteiger partial charge in [-0.1, -0.05) is 32.1 Å². The van der Waals surface area contributed by atoms with Crippen molar-refractivity contribution in [2.24, 2.45) is 17.8 Å². The third-order valence-electron chi connectivity index (χ3n) is 7.74. The maximum atomic E-state index is 6.29. The smallest absolute Gasteiger partial charge is 0.0597 e. The number of rotatable bonds is 6. The van der Waals surface area contributed by atoms with Crippen LogP contribution < -0.4 is 0 Å². The van der Waals surface area contributed by atoms with Crippen LogP contribution in [-0.4, -0.2) is 36.7 Å². The topological polar surface area (TPSA) is 12.5 Å². The van der Waals surface area contributed by atoms with E-state index in [4.69, 9.17) is 4.74 Å². The largest absolute Gasteiger partial charge is 0.377 e. The lowest BCUT2D eigenvalue weighted by molar-refractivity contribution is -0.0206. The van der Waals surface area contributed by atoms with E-state index >= 15 is 0 Å². The number of hydrogen-bond donors (Lipinski definition) is 0. The summed E-state index contributed by atoms with van der Waals surface area (Å²) in [6, 6.07) is 0.893. The van der Waals surface area contributed by atoms with Gasteiger partial charge in [0.05, 0.1) is 12.7 Å². The summed E-state index contributed by atoms with van der Waals surface area (Å²) in [7, 11) is 0. The Kier molecular flexibility index (Phi) is 6.17. The summed E-state index contributed by atoms with van der Waals surface area (Å²) in [6.07, 6.45) is 21.1. The van der Waals surface area contributed by atoms with E-state index in [1.807, 2.05) is 0 Å². The van der Waals surface area contributed by atoms with Gasteiger partial charge < -0.3 is 4.74 Å². The summed E-state index contributed by atoms with van der Waals surface area (Å²) in [5.41, 5.74) is 0. The summed E-state index contributed by atoms with van der Waals surface area (Å²) >= 11 is 0. The fourth-order valence-electron chi connectivity index (χ4n) is 6.21. The van der Waals surface area contributed by atoms with Crippen LogP contribution in [0.15, 0.2) is 0 Å². The Bertz CT molecular complexity index is 362. The molecule has 24 heavy (non-hydrogen) atoms. The lowest BCUT2D eigenvalue weighted by Gasteiger charge is -2.45. The Hall–Kier alpha value is -0.0800. The van der Waals surface area contributed by atoms with E-state index in [1.165, 1.54) is 103 Å². The molecule has 0 aromatic heterocycles. The van der Waals surface area contributed by atoms with Crippen molar-refractivity contribution in [1.82, 2.24) is 4.90 Å². The van der Waals surface area contributed by atoms with E-state index in [-0.39, 0.29) is 0 Å². The number of nitrogens with zero attached hydrogens (tertiary/aromatic N) is 1. The second-order valence-electron chi connectivity index (χ2n) is 9.42. The summed E-state index contributed by atoms with van der Waals surface area (Å²) in [5.74, 6) is 3.09. The molecule has 0 N–H and O–H groups in total. The number of ether oxygens (including phenoxy) is 1. The van der Waals surface area contributed by atoms with Gasteiger partial charge in [-0.25, -0.2) is 0 Å². The highest BCUT2D eigenvalue weighted by Gasteiger charge is 2.33. The van der Waals surface area contributed by atoms with E-state index in [1.54, 1.807) is 0 Å². The van der Waals surface area contributed by atoms with Gasteiger partial charge in [0.1, 0.15) is 0 Å². The standard InChI is InChI=1S/C22H39NO/c1-2-4-18(5-3-1)16-19-8-12-22(13-9-19)24-15-14-23-17-20-6-10-21(23)11-7-20/h18-22H,1-17H2. The molecule has 0 atom stereocenters. The van der Waals surface area contributed by atoms with Crippen molar-refractivity contribution in [2.45, 2.75) is 102 Å². The van der Waals surface area contributed by atoms with Crippen molar-refractivity contribution in [2.75, 3.05) is 19.7 Å². The molecule has 2 aliphatic heterocycles. The molecule has 0 unspecified atom stereocenters. The molecular weight excluding hydrogens is 294 g/mol. The average Bonchev–Trinajstić information content (AvgIpc) is 2.65.